The van der Waals surface area contributed by atoms with E-state index < -0.39 is 0 Å². The molecule has 0 aliphatic heterocycles. The Labute approximate surface area is 255 Å². The molecule has 2 aliphatic carbocycles. The molecule has 0 fully saturated rings. The number of halogens is 2. The van der Waals surface area contributed by atoms with Gasteiger partial charge in [0.1, 0.15) is 0 Å². The van der Waals surface area contributed by atoms with Crippen LogP contribution < -0.4 is 0 Å². The standard InChI is InChI=1S/2C11H11.2C6H5.2ClH.Zr/c2*1-8-6-7-9(2)11-5-3-4-10(8)11;2*1-2-4-6-5-3-1;;;/h2*4,6-7H,5H2,1-2H3;2*1-5H;2*1H;/q4*-1;;;+4. The molecule has 0 saturated carbocycles. The topological polar surface area (TPSA) is 0 Å². The summed E-state index contributed by atoms with van der Waals surface area (Å²) < 4.78 is 0. The van der Waals surface area contributed by atoms with Crippen LogP contribution in [0.2, 0.25) is 0 Å². The minimum absolute atomic E-state index is 0. The molecule has 4 aromatic carbocycles. The number of rotatable bonds is 0. The Bertz CT molecular complexity index is 1080. The number of hydrogen-bond donors (Lipinski definition) is 0. The Hall–Kier alpha value is -2.18. The van der Waals surface area contributed by atoms with Gasteiger partial charge in [-0.05, 0) is 13.8 Å². The molecule has 3 heteroatoms. The molecule has 0 bridgehead atoms. The van der Waals surface area contributed by atoms with Crippen molar-refractivity contribution in [1.82, 2.24) is 0 Å². The van der Waals surface area contributed by atoms with Gasteiger partial charge >= 0.3 is 26.2 Å². The maximum atomic E-state index is 3.24. The van der Waals surface area contributed by atoms with Gasteiger partial charge in [0.15, 0.2) is 0 Å². The van der Waals surface area contributed by atoms with Crippen LogP contribution >= 0.6 is 24.8 Å². The SMILES string of the molecule is Cc1ccc(C)c2c1C=[C-]C2.Cc1ccc(C)c2c1C=[C-]C2.Cl.Cl.[Zr+4].[c-]1ccccc1.[c-]1ccccc1. The van der Waals surface area contributed by atoms with Crippen molar-refractivity contribution in [3.63, 3.8) is 0 Å². The van der Waals surface area contributed by atoms with E-state index in [1.54, 1.807) is 0 Å². The molecule has 0 heterocycles. The van der Waals surface area contributed by atoms with Crippen LogP contribution in [-0.4, -0.2) is 0 Å². The minimum atomic E-state index is 0. The molecule has 6 rings (SSSR count). The zero-order valence-electron chi connectivity index (χ0n) is 22.0. The average Bonchev–Trinajstić information content (AvgIpc) is 3.59. The van der Waals surface area contributed by atoms with Gasteiger partial charge in [-0.2, -0.15) is 83.9 Å². The summed E-state index contributed by atoms with van der Waals surface area (Å²) in [6, 6.07) is 33.7. The van der Waals surface area contributed by atoms with E-state index in [0.717, 1.165) is 12.8 Å². The first-order chi connectivity index (χ1) is 16.6. The molecule has 188 valence electrons. The van der Waals surface area contributed by atoms with E-state index in [0.29, 0.717) is 0 Å². The summed E-state index contributed by atoms with van der Waals surface area (Å²) in [7, 11) is 0. The van der Waals surface area contributed by atoms with Crippen LogP contribution in [0.4, 0.5) is 0 Å². The quantitative estimate of drug-likeness (QED) is 0.176. The van der Waals surface area contributed by atoms with Gasteiger partial charge in [0.05, 0.1) is 0 Å². The molecule has 0 spiro atoms. The Morgan fingerprint density at radius 3 is 1.05 bits per heavy atom. The largest absolute Gasteiger partial charge is 4.00 e. The minimum Gasteiger partial charge on any atom is -0.272 e. The van der Waals surface area contributed by atoms with Gasteiger partial charge in [0.2, 0.25) is 0 Å². The van der Waals surface area contributed by atoms with Crippen LogP contribution in [0.5, 0.6) is 0 Å². The zero-order valence-corrected chi connectivity index (χ0v) is 26.1. The fraction of sp³-hybridized carbons (Fsp3) is 0.176. The van der Waals surface area contributed by atoms with Gasteiger partial charge < -0.3 is 0 Å². The van der Waals surface area contributed by atoms with Crippen molar-refractivity contribution in [1.29, 1.82) is 0 Å². The number of hydrogen-bond acceptors (Lipinski definition) is 0. The van der Waals surface area contributed by atoms with Crippen molar-refractivity contribution in [2.45, 2.75) is 40.5 Å². The molecule has 0 atom stereocenters. The Morgan fingerprint density at radius 2 is 0.811 bits per heavy atom. The molecule has 37 heavy (non-hydrogen) atoms. The van der Waals surface area contributed by atoms with E-state index in [4.69, 9.17) is 0 Å². The number of benzene rings is 4. The summed E-state index contributed by atoms with van der Waals surface area (Å²) in [6.07, 6.45) is 12.7. The van der Waals surface area contributed by atoms with Gasteiger partial charge in [-0.25, -0.2) is 12.2 Å². The third kappa shape index (κ3) is 11.0. The van der Waals surface area contributed by atoms with E-state index in [9.17, 15) is 0 Å². The first-order valence-corrected chi connectivity index (χ1v) is 11.7. The molecule has 0 radical (unpaired) electrons. The second-order valence-electron chi connectivity index (χ2n) is 8.39. The van der Waals surface area contributed by atoms with Crippen LogP contribution in [0.25, 0.3) is 12.2 Å². The maximum absolute atomic E-state index is 3.24. The van der Waals surface area contributed by atoms with E-state index in [1.165, 1.54) is 44.5 Å². The molecule has 4 aromatic rings. The molecule has 0 nitrogen and oxygen atoms in total. The van der Waals surface area contributed by atoms with Crippen LogP contribution in [-0.2, 0) is 39.0 Å². The molecule has 2 aliphatic rings. The van der Waals surface area contributed by atoms with E-state index in [2.05, 4.69) is 88.4 Å². The third-order valence-corrected chi connectivity index (χ3v) is 5.88. The van der Waals surface area contributed by atoms with Crippen molar-refractivity contribution < 1.29 is 26.2 Å². The molecule has 0 amide bonds. The monoisotopic (exact) mass is 602 g/mol. The number of allylic oxidation sites excluding steroid dienone is 2. The first kappa shape index (κ1) is 34.8. The second-order valence-corrected chi connectivity index (χ2v) is 8.39. The molecule has 0 N–H and O–H groups in total. The first-order valence-electron chi connectivity index (χ1n) is 11.7. The summed E-state index contributed by atoms with van der Waals surface area (Å²) in [5.41, 5.74) is 11.2. The summed E-state index contributed by atoms with van der Waals surface area (Å²) in [6.45, 7) is 8.64. The molecule has 0 unspecified atom stereocenters. The van der Waals surface area contributed by atoms with Crippen molar-refractivity contribution in [3.8, 4) is 0 Å². The Morgan fingerprint density at radius 1 is 0.486 bits per heavy atom. The molecular weight excluding hydrogens is 571 g/mol. The fourth-order valence-electron chi connectivity index (χ4n) is 3.85. The van der Waals surface area contributed by atoms with Crippen LogP contribution in [0, 0.1) is 52.0 Å². The smallest absolute Gasteiger partial charge is 0.272 e. The van der Waals surface area contributed by atoms with E-state index in [-0.39, 0.29) is 51.0 Å². The van der Waals surface area contributed by atoms with Crippen molar-refractivity contribution in [2.75, 3.05) is 0 Å². The van der Waals surface area contributed by atoms with Crippen molar-refractivity contribution >= 4 is 37.0 Å². The fourth-order valence-corrected chi connectivity index (χ4v) is 3.85. The number of fused-ring (bicyclic) bond motifs is 2. The predicted octanol–water partition coefficient (Wildman–Crippen LogP) is 9.17. The van der Waals surface area contributed by atoms with Crippen molar-refractivity contribution in [2.24, 2.45) is 0 Å². The van der Waals surface area contributed by atoms with Gasteiger partial charge in [-0.15, -0.1) is 59.9 Å². The van der Waals surface area contributed by atoms with E-state index >= 15 is 0 Å². The Kier molecular flexibility index (Phi) is 17.9. The molecule has 0 aromatic heterocycles. The normalized spacial score (nSPS) is 10.7. The summed E-state index contributed by atoms with van der Waals surface area (Å²) in [4.78, 5) is 0. The third-order valence-electron chi connectivity index (χ3n) is 5.88. The summed E-state index contributed by atoms with van der Waals surface area (Å²) >= 11 is 0. The summed E-state index contributed by atoms with van der Waals surface area (Å²) in [5, 5.41) is 0. The van der Waals surface area contributed by atoms with Gasteiger partial charge in [0, 0.05) is 0 Å². The van der Waals surface area contributed by atoms with E-state index in [1.807, 2.05) is 60.7 Å². The second kappa shape index (κ2) is 19.0. The van der Waals surface area contributed by atoms with Gasteiger partial charge in [-0.1, -0.05) is 49.2 Å². The summed E-state index contributed by atoms with van der Waals surface area (Å²) in [5.74, 6) is 0. The average molecular weight is 605 g/mol. The van der Waals surface area contributed by atoms with Crippen LogP contribution in [0.3, 0.4) is 0 Å². The van der Waals surface area contributed by atoms with Gasteiger partial charge in [-0.3, -0.25) is 12.2 Å². The maximum Gasteiger partial charge on any atom is 4.00 e. The number of aryl methyl sites for hydroxylation is 4. The predicted molar refractivity (Wildman–Crippen MR) is 160 cm³/mol. The molecule has 0 saturated heterocycles. The Balaban J connectivity index is 0.000000472. The van der Waals surface area contributed by atoms with Crippen molar-refractivity contribution in [3.05, 3.63) is 154 Å². The van der Waals surface area contributed by atoms with Crippen LogP contribution in [0.1, 0.15) is 44.5 Å². The zero-order chi connectivity index (χ0) is 24.2. The van der Waals surface area contributed by atoms with Crippen LogP contribution in [0.15, 0.2) is 84.9 Å². The molecular formula is C34H34Cl2Zr. The van der Waals surface area contributed by atoms with Gasteiger partial charge in [0.25, 0.3) is 0 Å².